The zero-order chi connectivity index (χ0) is 20.0. The van der Waals surface area contributed by atoms with Crippen molar-refractivity contribution in [3.8, 4) is 5.75 Å². The van der Waals surface area contributed by atoms with Crippen molar-refractivity contribution in [3.63, 3.8) is 0 Å². The van der Waals surface area contributed by atoms with Gasteiger partial charge in [0.1, 0.15) is 12.3 Å². The number of nitrogens with zero attached hydrogens (tertiary/aromatic N) is 1. The monoisotopic (exact) mass is 391 g/mol. The molecule has 8 nitrogen and oxygen atoms in total. The van der Waals surface area contributed by atoms with Crippen LogP contribution in [-0.2, 0) is 14.8 Å². The minimum atomic E-state index is -3.70. The van der Waals surface area contributed by atoms with Gasteiger partial charge in [-0.1, -0.05) is 6.07 Å². The molecule has 3 N–H and O–H groups in total. The van der Waals surface area contributed by atoms with Crippen molar-refractivity contribution >= 4 is 33.2 Å². The lowest BCUT2D eigenvalue weighted by molar-refractivity contribution is -0.114. The van der Waals surface area contributed by atoms with Crippen molar-refractivity contribution < 1.29 is 22.7 Å². The summed E-state index contributed by atoms with van der Waals surface area (Å²) in [7, 11) is -3.70. The molecule has 0 saturated carbocycles. The molecular formula is C18H21N3O5S. The van der Waals surface area contributed by atoms with Crippen LogP contribution >= 0.6 is 0 Å². The van der Waals surface area contributed by atoms with Gasteiger partial charge < -0.3 is 15.8 Å². The van der Waals surface area contributed by atoms with Gasteiger partial charge in [0.2, 0.25) is 21.8 Å². The van der Waals surface area contributed by atoms with E-state index >= 15 is 0 Å². The molecule has 0 heterocycles. The van der Waals surface area contributed by atoms with E-state index in [9.17, 15) is 18.0 Å². The largest absolute Gasteiger partial charge is 0.494 e. The first-order valence-corrected chi connectivity index (χ1v) is 9.96. The number of amides is 2. The molecule has 0 atom stereocenters. The highest BCUT2D eigenvalue weighted by atomic mass is 32.2. The van der Waals surface area contributed by atoms with Crippen LogP contribution in [0.15, 0.2) is 48.5 Å². The SMILES string of the molecule is CCOc1cccc(N(CC(=O)Nc2ccc(C(N)=O)cc2)S(C)(=O)=O)c1. The summed E-state index contributed by atoms with van der Waals surface area (Å²) in [5, 5.41) is 2.59. The molecule has 2 aromatic rings. The van der Waals surface area contributed by atoms with E-state index < -0.39 is 28.4 Å². The third-order valence-electron chi connectivity index (χ3n) is 3.56. The molecule has 0 fully saturated rings. The predicted octanol–water partition coefficient (Wildman–Crippen LogP) is 1.59. The number of nitrogens with two attached hydrogens (primary N) is 1. The Bertz CT molecular complexity index is 926. The predicted molar refractivity (Wildman–Crippen MR) is 103 cm³/mol. The Labute approximate surface area is 158 Å². The lowest BCUT2D eigenvalue weighted by Crippen LogP contribution is -2.37. The molecule has 2 aromatic carbocycles. The average Bonchev–Trinajstić information content (AvgIpc) is 2.60. The van der Waals surface area contributed by atoms with Gasteiger partial charge in [-0.15, -0.1) is 0 Å². The van der Waals surface area contributed by atoms with Crippen LogP contribution in [0.4, 0.5) is 11.4 Å². The van der Waals surface area contributed by atoms with Crippen molar-refractivity contribution in [2.24, 2.45) is 5.73 Å². The van der Waals surface area contributed by atoms with Crippen LogP contribution in [0.1, 0.15) is 17.3 Å². The molecule has 2 rings (SSSR count). The van der Waals surface area contributed by atoms with Crippen molar-refractivity contribution in [3.05, 3.63) is 54.1 Å². The maximum atomic E-state index is 12.3. The van der Waals surface area contributed by atoms with Gasteiger partial charge in [0.05, 0.1) is 18.6 Å². The third kappa shape index (κ3) is 5.71. The van der Waals surface area contributed by atoms with Crippen molar-refractivity contribution in [1.82, 2.24) is 0 Å². The summed E-state index contributed by atoms with van der Waals surface area (Å²) < 4.78 is 30.7. The Morgan fingerprint density at radius 2 is 1.81 bits per heavy atom. The Balaban J connectivity index is 2.17. The summed E-state index contributed by atoms with van der Waals surface area (Å²) >= 11 is 0. The summed E-state index contributed by atoms with van der Waals surface area (Å²) in [4.78, 5) is 23.4. The van der Waals surface area contributed by atoms with Gasteiger partial charge in [-0.2, -0.15) is 0 Å². The van der Waals surface area contributed by atoms with E-state index in [4.69, 9.17) is 10.5 Å². The van der Waals surface area contributed by atoms with E-state index in [1.54, 1.807) is 24.3 Å². The highest BCUT2D eigenvalue weighted by Gasteiger charge is 2.21. The average molecular weight is 391 g/mol. The fraction of sp³-hybridized carbons (Fsp3) is 0.222. The lowest BCUT2D eigenvalue weighted by Gasteiger charge is -2.22. The van der Waals surface area contributed by atoms with Crippen molar-refractivity contribution in [2.45, 2.75) is 6.92 Å². The number of carbonyl (C=O) groups excluding carboxylic acids is 2. The minimum Gasteiger partial charge on any atom is -0.494 e. The molecule has 0 aliphatic rings. The van der Waals surface area contributed by atoms with Gasteiger partial charge >= 0.3 is 0 Å². The second-order valence-corrected chi connectivity index (χ2v) is 7.60. The van der Waals surface area contributed by atoms with Gasteiger partial charge in [-0.05, 0) is 43.3 Å². The molecule has 0 spiro atoms. The Morgan fingerprint density at radius 1 is 1.15 bits per heavy atom. The number of hydrogen-bond acceptors (Lipinski definition) is 5. The van der Waals surface area contributed by atoms with Crippen LogP contribution < -0.4 is 20.1 Å². The van der Waals surface area contributed by atoms with Gasteiger partial charge in [0, 0.05) is 17.3 Å². The van der Waals surface area contributed by atoms with Crippen LogP contribution in [0.2, 0.25) is 0 Å². The second kappa shape index (κ2) is 8.54. The van der Waals surface area contributed by atoms with E-state index in [0.717, 1.165) is 10.6 Å². The zero-order valence-corrected chi connectivity index (χ0v) is 15.8. The summed E-state index contributed by atoms with van der Waals surface area (Å²) in [6, 6.07) is 12.5. The van der Waals surface area contributed by atoms with Crippen LogP contribution in [0.3, 0.4) is 0 Å². The maximum absolute atomic E-state index is 12.3. The molecule has 0 unspecified atom stereocenters. The van der Waals surface area contributed by atoms with E-state index in [1.165, 1.54) is 24.3 Å². The maximum Gasteiger partial charge on any atom is 0.248 e. The fourth-order valence-corrected chi connectivity index (χ4v) is 3.19. The topological polar surface area (TPSA) is 119 Å². The number of nitrogens with one attached hydrogen (secondary N) is 1. The number of benzene rings is 2. The standard InChI is InChI=1S/C18H21N3O5S/c1-3-26-16-6-4-5-15(11-16)21(27(2,24)25)12-17(22)20-14-9-7-13(8-10-14)18(19)23/h4-11H,3,12H2,1-2H3,(H2,19,23)(H,20,22). The molecule has 144 valence electrons. The number of rotatable bonds is 8. The molecule has 0 radical (unpaired) electrons. The quantitative estimate of drug-likeness (QED) is 0.708. The van der Waals surface area contributed by atoms with Crippen molar-refractivity contribution in [2.75, 3.05) is 29.0 Å². The smallest absolute Gasteiger partial charge is 0.248 e. The summed E-state index contributed by atoms with van der Waals surface area (Å²) in [6.07, 6.45) is 1.02. The molecule has 27 heavy (non-hydrogen) atoms. The fourth-order valence-electron chi connectivity index (χ4n) is 2.34. The minimum absolute atomic E-state index is 0.304. The number of carbonyl (C=O) groups is 2. The Hall–Kier alpha value is -3.07. The molecule has 0 aliphatic heterocycles. The van der Waals surface area contributed by atoms with Gasteiger partial charge in [-0.3, -0.25) is 13.9 Å². The zero-order valence-electron chi connectivity index (χ0n) is 15.0. The Morgan fingerprint density at radius 3 is 2.37 bits per heavy atom. The highest BCUT2D eigenvalue weighted by molar-refractivity contribution is 7.92. The molecule has 9 heteroatoms. The molecule has 0 saturated heterocycles. The first-order chi connectivity index (χ1) is 12.7. The number of anilines is 2. The summed E-state index contributed by atoms with van der Waals surface area (Å²) in [5.74, 6) is -0.606. The Kier molecular flexibility index (Phi) is 6.40. The number of ether oxygens (including phenoxy) is 1. The van der Waals surface area contributed by atoms with Gasteiger partial charge in [0.25, 0.3) is 0 Å². The molecule has 0 aromatic heterocycles. The summed E-state index contributed by atoms with van der Waals surface area (Å²) in [6.45, 7) is 1.84. The molecule has 0 aliphatic carbocycles. The lowest BCUT2D eigenvalue weighted by atomic mass is 10.2. The highest BCUT2D eigenvalue weighted by Crippen LogP contribution is 2.23. The third-order valence-corrected chi connectivity index (χ3v) is 4.70. The summed E-state index contributed by atoms with van der Waals surface area (Å²) in [5.41, 5.74) is 6.21. The second-order valence-electron chi connectivity index (χ2n) is 5.69. The van der Waals surface area contributed by atoms with E-state index in [1.807, 2.05) is 6.92 Å². The number of hydrogen-bond donors (Lipinski definition) is 2. The van der Waals surface area contributed by atoms with Gasteiger partial charge in [-0.25, -0.2) is 8.42 Å². The molecule has 0 bridgehead atoms. The van der Waals surface area contributed by atoms with Crippen molar-refractivity contribution in [1.29, 1.82) is 0 Å². The first kappa shape index (κ1) is 20.2. The van der Waals surface area contributed by atoms with Crippen LogP contribution in [0.25, 0.3) is 0 Å². The number of primary amides is 1. The van der Waals surface area contributed by atoms with E-state index in [2.05, 4.69) is 5.32 Å². The molecular weight excluding hydrogens is 370 g/mol. The first-order valence-electron chi connectivity index (χ1n) is 8.11. The number of sulfonamides is 1. The van der Waals surface area contributed by atoms with Crippen LogP contribution in [-0.4, -0.2) is 39.6 Å². The normalized spacial score (nSPS) is 10.9. The van der Waals surface area contributed by atoms with Crippen LogP contribution in [0, 0.1) is 0 Å². The van der Waals surface area contributed by atoms with Gasteiger partial charge in [0.15, 0.2) is 0 Å². The molecule has 2 amide bonds. The van der Waals surface area contributed by atoms with Crippen LogP contribution in [0.5, 0.6) is 5.75 Å². The van der Waals surface area contributed by atoms with E-state index in [0.29, 0.717) is 29.3 Å². The van der Waals surface area contributed by atoms with E-state index in [-0.39, 0.29) is 0 Å².